The van der Waals surface area contributed by atoms with Gasteiger partial charge in [0.2, 0.25) is 0 Å². The van der Waals surface area contributed by atoms with Gasteiger partial charge in [-0.2, -0.15) is 0 Å². The van der Waals surface area contributed by atoms with Crippen molar-refractivity contribution in [2.24, 2.45) is 0 Å². The molecule has 0 aliphatic rings. The summed E-state index contributed by atoms with van der Waals surface area (Å²) in [5.41, 5.74) is 0. The van der Waals surface area contributed by atoms with Gasteiger partial charge in [-0.25, -0.2) is 0 Å². The zero-order valence-corrected chi connectivity index (χ0v) is 8.70. The van der Waals surface area contributed by atoms with E-state index in [9.17, 15) is 4.79 Å². The van der Waals surface area contributed by atoms with Crippen molar-refractivity contribution >= 4 is 28.6 Å². The van der Waals surface area contributed by atoms with Gasteiger partial charge >= 0.3 is 5.97 Å². The van der Waals surface area contributed by atoms with Gasteiger partial charge in [0.15, 0.2) is 0 Å². The van der Waals surface area contributed by atoms with Gasteiger partial charge in [0.1, 0.15) is 0 Å². The average molecular weight is 272 g/mol. The van der Waals surface area contributed by atoms with E-state index in [1.54, 1.807) is 0 Å². The molecule has 11 heavy (non-hydrogen) atoms. The number of aliphatic hydroxyl groups excluding tert-OH is 1. The molecule has 1 N–H and O–H groups in total. The van der Waals surface area contributed by atoms with E-state index in [0.717, 1.165) is 12.8 Å². The average Bonchev–Trinajstić information content (AvgIpc) is 1.97. The molecule has 1 atom stereocenters. The molecule has 0 aliphatic carbocycles. The molecule has 66 valence electrons. The Hall–Kier alpha value is 0.160. The van der Waals surface area contributed by atoms with Gasteiger partial charge in [0.25, 0.3) is 0 Å². The molecule has 0 aromatic heterocycles. The Balaban J connectivity index is 3.08. The lowest BCUT2D eigenvalue weighted by molar-refractivity contribution is -0.141. The van der Waals surface area contributed by atoms with Crippen molar-refractivity contribution in [3.63, 3.8) is 0 Å². The standard InChI is InChI=1S/C7H13IO3/c1-6(10)11-4-2-3-7(8)5-9/h7,9H,2-5H2,1H3. The van der Waals surface area contributed by atoms with Crippen LogP contribution in [0.5, 0.6) is 0 Å². The molecule has 1 unspecified atom stereocenters. The number of ether oxygens (including phenoxy) is 1. The summed E-state index contributed by atoms with van der Waals surface area (Å²) in [6.45, 7) is 2.06. The minimum absolute atomic E-state index is 0.195. The topological polar surface area (TPSA) is 46.5 Å². The Morgan fingerprint density at radius 2 is 2.36 bits per heavy atom. The quantitative estimate of drug-likeness (QED) is 0.353. The van der Waals surface area contributed by atoms with Crippen molar-refractivity contribution < 1.29 is 14.6 Å². The van der Waals surface area contributed by atoms with Crippen molar-refractivity contribution in [1.29, 1.82) is 0 Å². The van der Waals surface area contributed by atoms with Crippen LogP contribution in [0, 0.1) is 0 Å². The number of carbonyl (C=O) groups excluding carboxylic acids is 1. The van der Waals surface area contributed by atoms with Crippen LogP contribution in [0.4, 0.5) is 0 Å². The van der Waals surface area contributed by atoms with Crippen LogP contribution in [0.3, 0.4) is 0 Å². The monoisotopic (exact) mass is 272 g/mol. The van der Waals surface area contributed by atoms with Crippen LogP contribution in [-0.4, -0.2) is 28.2 Å². The van der Waals surface area contributed by atoms with E-state index in [-0.39, 0.29) is 16.5 Å². The molecule has 0 heterocycles. The number of alkyl halides is 1. The maximum absolute atomic E-state index is 10.3. The summed E-state index contributed by atoms with van der Waals surface area (Å²) < 4.78 is 4.99. The number of esters is 1. The largest absolute Gasteiger partial charge is 0.466 e. The molecular formula is C7H13IO3. The van der Waals surface area contributed by atoms with Crippen LogP contribution in [-0.2, 0) is 9.53 Å². The number of carbonyl (C=O) groups is 1. The second-order valence-corrected chi connectivity index (χ2v) is 4.02. The predicted octanol–water partition coefficient (Wildman–Crippen LogP) is 1.13. The second kappa shape index (κ2) is 6.84. The third kappa shape index (κ3) is 8.06. The number of hydrogen-bond acceptors (Lipinski definition) is 3. The van der Waals surface area contributed by atoms with E-state index < -0.39 is 0 Å². The summed E-state index contributed by atoms with van der Waals surface area (Å²) in [5.74, 6) is -0.237. The van der Waals surface area contributed by atoms with Gasteiger partial charge in [-0.05, 0) is 12.8 Å². The first kappa shape index (κ1) is 11.2. The summed E-state index contributed by atoms with van der Waals surface area (Å²) in [6, 6.07) is 0. The lowest BCUT2D eigenvalue weighted by atomic mass is 10.2. The van der Waals surface area contributed by atoms with Gasteiger partial charge in [-0.3, -0.25) is 4.79 Å². The minimum Gasteiger partial charge on any atom is -0.466 e. The normalized spacial score (nSPS) is 12.6. The molecule has 0 radical (unpaired) electrons. The van der Waals surface area contributed by atoms with Crippen molar-refractivity contribution in [1.82, 2.24) is 0 Å². The fourth-order valence-electron chi connectivity index (χ4n) is 0.612. The maximum Gasteiger partial charge on any atom is 0.302 e. The Morgan fingerprint density at radius 3 is 2.82 bits per heavy atom. The number of halogens is 1. The summed E-state index contributed by atoms with van der Waals surface area (Å²) in [4.78, 5) is 10.3. The van der Waals surface area contributed by atoms with Gasteiger partial charge in [-0.1, -0.05) is 22.6 Å². The highest BCUT2D eigenvalue weighted by molar-refractivity contribution is 14.1. The Kier molecular flexibility index (Phi) is 6.94. The smallest absolute Gasteiger partial charge is 0.302 e. The zero-order valence-electron chi connectivity index (χ0n) is 6.55. The van der Waals surface area contributed by atoms with Gasteiger partial charge < -0.3 is 9.84 Å². The first-order chi connectivity index (χ1) is 5.16. The van der Waals surface area contributed by atoms with E-state index >= 15 is 0 Å². The molecule has 0 aliphatic heterocycles. The summed E-state index contributed by atoms with van der Waals surface area (Å²) >= 11 is 2.17. The summed E-state index contributed by atoms with van der Waals surface area (Å²) in [6.07, 6.45) is 1.72. The summed E-state index contributed by atoms with van der Waals surface area (Å²) in [5, 5.41) is 8.63. The molecule has 0 amide bonds. The van der Waals surface area contributed by atoms with Gasteiger partial charge in [-0.15, -0.1) is 0 Å². The Morgan fingerprint density at radius 1 is 1.73 bits per heavy atom. The van der Waals surface area contributed by atoms with Crippen molar-refractivity contribution in [2.45, 2.75) is 23.7 Å². The van der Waals surface area contributed by atoms with Crippen molar-refractivity contribution in [3.8, 4) is 0 Å². The minimum atomic E-state index is -0.237. The highest BCUT2D eigenvalue weighted by Gasteiger charge is 2.01. The summed E-state index contributed by atoms with van der Waals surface area (Å²) in [7, 11) is 0. The molecule has 0 rings (SSSR count). The molecule has 0 spiro atoms. The molecule has 3 nitrogen and oxygen atoms in total. The predicted molar refractivity (Wildman–Crippen MR) is 50.8 cm³/mol. The Bertz CT molecular complexity index is 116. The maximum atomic E-state index is 10.3. The highest BCUT2D eigenvalue weighted by Crippen LogP contribution is 2.07. The molecule has 0 bridgehead atoms. The fraction of sp³-hybridized carbons (Fsp3) is 0.857. The molecule has 0 saturated carbocycles. The highest BCUT2D eigenvalue weighted by atomic mass is 127. The number of rotatable bonds is 5. The lowest BCUT2D eigenvalue weighted by Crippen LogP contribution is -2.07. The molecule has 0 fully saturated rings. The van der Waals surface area contributed by atoms with Crippen LogP contribution in [0.25, 0.3) is 0 Å². The molecular weight excluding hydrogens is 259 g/mol. The van der Waals surface area contributed by atoms with Crippen molar-refractivity contribution in [3.05, 3.63) is 0 Å². The molecule has 0 aromatic rings. The van der Waals surface area contributed by atoms with Gasteiger partial charge in [0, 0.05) is 10.8 Å². The Labute approximate surface area is 80.3 Å². The van der Waals surface area contributed by atoms with Crippen LogP contribution >= 0.6 is 22.6 Å². The fourth-order valence-corrected chi connectivity index (χ4v) is 1.05. The first-order valence-electron chi connectivity index (χ1n) is 3.55. The number of aliphatic hydroxyl groups is 1. The second-order valence-electron chi connectivity index (χ2n) is 2.26. The molecule has 0 saturated heterocycles. The van der Waals surface area contributed by atoms with Crippen molar-refractivity contribution in [2.75, 3.05) is 13.2 Å². The lowest BCUT2D eigenvalue weighted by Gasteiger charge is -2.05. The first-order valence-corrected chi connectivity index (χ1v) is 4.79. The number of hydrogen-bond donors (Lipinski definition) is 1. The zero-order chi connectivity index (χ0) is 8.69. The van der Waals surface area contributed by atoms with Crippen LogP contribution in [0.1, 0.15) is 19.8 Å². The SMILES string of the molecule is CC(=O)OCCCC(I)CO. The van der Waals surface area contributed by atoms with E-state index in [2.05, 4.69) is 22.6 Å². The third-order valence-corrected chi connectivity index (χ3v) is 2.18. The van der Waals surface area contributed by atoms with Gasteiger partial charge in [0.05, 0.1) is 13.2 Å². The third-order valence-electron chi connectivity index (χ3n) is 1.17. The van der Waals surface area contributed by atoms with E-state index in [0.29, 0.717) is 6.61 Å². The van der Waals surface area contributed by atoms with Crippen LogP contribution in [0.15, 0.2) is 0 Å². The van der Waals surface area contributed by atoms with E-state index in [1.165, 1.54) is 6.92 Å². The van der Waals surface area contributed by atoms with E-state index in [4.69, 9.17) is 9.84 Å². The molecule has 0 aromatic carbocycles. The van der Waals surface area contributed by atoms with Crippen LogP contribution < -0.4 is 0 Å². The van der Waals surface area contributed by atoms with E-state index in [1.807, 2.05) is 0 Å². The molecule has 4 heteroatoms. The van der Waals surface area contributed by atoms with Crippen LogP contribution in [0.2, 0.25) is 0 Å².